The lowest BCUT2D eigenvalue weighted by Gasteiger charge is -1.99. The molecular formula is C10H10BrN3. The van der Waals surface area contributed by atoms with Crippen molar-refractivity contribution in [1.82, 2.24) is 14.8 Å². The number of pyridine rings is 1. The summed E-state index contributed by atoms with van der Waals surface area (Å²) in [7, 11) is 1.90. The number of hydrogen-bond donors (Lipinski definition) is 0. The Morgan fingerprint density at radius 3 is 2.71 bits per heavy atom. The van der Waals surface area contributed by atoms with Gasteiger partial charge in [-0.2, -0.15) is 5.10 Å². The molecule has 0 aliphatic carbocycles. The maximum Gasteiger partial charge on any atom is 0.111 e. The lowest BCUT2D eigenvalue weighted by Crippen LogP contribution is -1.90. The summed E-state index contributed by atoms with van der Waals surface area (Å²) in [5, 5.41) is 4.29. The first-order valence-corrected chi connectivity index (χ1v) is 5.08. The van der Waals surface area contributed by atoms with Crippen molar-refractivity contribution >= 4 is 15.9 Å². The van der Waals surface area contributed by atoms with Crippen molar-refractivity contribution in [2.24, 2.45) is 7.05 Å². The molecule has 0 saturated carbocycles. The second-order valence-corrected chi connectivity index (χ2v) is 4.05. The highest BCUT2D eigenvalue weighted by Crippen LogP contribution is 2.20. The molecule has 0 bridgehead atoms. The summed E-state index contributed by atoms with van der Waals surface area (Å²) < 4.78 is 2.80. The average Bonchev–Trinajstić information content (AvgIpc) is 2.57. The zero-order chi connectivity index (χ0) is 10.1. The summed E-state index contributed by atoms with van der Waals surface area (Å²) in [5.74, 6) is 0. The molecular weight excluding hydrogens is 242 g/mol. The van der Waals surface area contributed by atoms with E-state index < -0.39 is 0 Å². The number of rotatable bonds is 1. The first kappa shape index (κ1) is 9.40. The fraction of sp³-hybridized carbons (Fsp3) is 0.200. The quantitative estimate of drug-likeness (QED) is 0.780. The topological polar surface area (TPSA) is 30.7 Å². The summed E-state index contributed by atoms with van der Waals surface area (Å²) in [5.41, 5.74) is 2.98. The van der Waals surface area contributed by atoms with Crippen molar-refractivity contribution in [3.8, 4) is 11.4 Å². The Labute approximate surface area is 90.9 Å². The van der Waals surface area contributed by atoms with Crippen LogP contribution in [-0.4, -0.2) is 14.8 Å². The minimum Gasteiger partial charge on any atom is -0.275 e. The molecule has 2 heterocycles. The van der Waals surface area contributed by atoms with E-state index in [4.69, 9.17) is 0 Å². The van der Waals surface area contributed by atoms with E-state index in [1.807, 2.05) is 32.3 Å². The maximum atomic E-state index is 4.30. The molecule has 2 aromatic heterocycles. The molecule has 2 aromatic rings. The number of aryl methyl sites for hydroxylation is 2. The molecule has 0 aliphatic rings. The van der Waals surface area contributed by atoms with Gasteiger partial charge in [0.15, 0.2) is 0 Å². The standard InChI is InChI=1S/C10H10BrN3/c1-7-5-10(12-6-8(7)11)9-3-4-14(2)13-9/h3-6H,1-2H3. The fourth-order valence-corrected chi connectivity index (χ4v) is 1.45. The van der Waals surface area contributed by atoms with Gasteiger partial charge in [0, 0.05) is 23.9 Å². The van der Waals surface area contributed by atoms with Crippen LogP contribution >= 0.6 is 15.9 Å². The van der Waals surface area contributed by atoms with Crippen LogP contribution in [0.25, 0.3) is 11.4 Å². The summed E-state index contributed by atoms with van der Waals surface area (Å²) in [6.07, 6.45) is 3.72. The van der Waals surface area contributed by atoms with Gasteiger partial charge in [0.1, 0.15) is 5.69 Å². The summed E-state index contributed by atoms with van der Waals surface area (Å²) >= 11 is 3.42. The Hall–Kier alpha value is -1.16. The molecule has 0 amide bonds. The van der Waals surface area contributed by atoms with E-state index in [9.17, 15) is 0 Å². The van der Waals surface area contributed by atoms with Gasteiger partial charge in [-0.3, -0.25) is 9.67 Å². The van der Waals surface area contributed by atoms with Gasteiger partial charge in [-0.15, -0.1) is 0 Å². The fourth-order valence-electron chi connectivity index (χ4n) is 1.23. The Morgan fingerprint density at radius 1 is 1.36 bits per heavy atom. The summed E-state index contributed by atoms with van der Waals surface area (Å²) in [6, 6.07) is 3.97. The van der Waals surface area contributed by atoms with Gasteiger partial charge in [0.2, 0.25) is 0 Å². The molecule has 2 rings (SSSR count). The molecule has 0 fully saturated rings. The Morgan fingerprint density at radius 2 is 2.14 bits per heavy atom. The van der Waals surface area contributed by atoms with Gasteiger partial charge in [-0.05, 0) is 40.5 Å². The van der Waals surface area contributed by atoms with E-state index in [-0.39, 0.29) is 0 Å². The van der Waals surface area contributed by atoms with Crippen LogP contribution in [-0.2, 0) is 7.05 Å². The van der Waals surface area contributed by atoms with Crippen LogP contribution in [0.2, 0.25) is 0 Å². The SMILES string of the molecule is Cc1cc(-c2ccn(C)n2)ncc1Br. The molecule has 0 atom stereocenters. The highest BCUT2D eigenvalue weighted by atomic mass is 79.9. The van der Waals surface area contributed by atoms with Crippen LogP contribution < -0.4 is 0 Å². The minimum absolute atomic E-state index is 0.906. The number of hydrogen-bond acceptors (Lipinski definition) is 2. The van der Waals surface area contributed by atoms with E-state index >= 15 is 0 Å². The highest BCUT2D eigenvalue weighted by Gasteiger charge is 2.04. The van der Waals surface area contributed by atoms with E-state index in [0.717, 1.165) is 15.9 Å². The van der Waals surface area contributed by atoms with Crippen molar-refractivity contribution < 1.29 is 0 Å². The van der Waals surface area contributed by atoms with Gasteiger partial charge in [0.05, 0.1) is 5.69 Å². The van der Waals surface area contributed by atoms with Gasteiger partial charge in [0.25, 0.3) is 0 Å². The molecule has 14 heavy (non-hydrogen) atoms. The zero-order valence-electron chi connectivity index (χ0n) is 8.03. The Balaban J connectivity index is 2.47. The first-order valence-electron chi connectivity index (χ1n) is 4.29. The molecule has 0 aromatic carbocycles. The number of aromatic nitrogens is 3. The van der Waals surface area contributed by atoms with Gasteiger partial charge in [-0.1, -0.05) is 0 Å². The normalized spacial score (nSPS) is 10.5. The van der Waals surface area contributed by atoms with Crippen molar-refractivity contribution in [3.05, 3.63) is 34.6 Å². The van der Waals surface area contributed by atoms with Crippen LogP contribution in [0.1, 0.15) is 5.56 Å². The van der Waals surface area contributed by atoms with Crippen LogP contribution in [0.15, 0.2) is 29.0 Å². The molecule has 0 spiro atoms. The molecule has 0 aliphatic heterocycles. The van der Waals surface area contributed by atoms with Gasteiger partial charge in [-0.25, -0.2) is 0 Å². The lowest BCUT2D eigenvalue weighted by atomic mass is 10.2. The molecule has 0 unspecified atom stereocenters. The second kappa shape index (κ2) is 3.53. The Kier molecular flexibility index (Phi) is 2.37. The maximum absolute atomic E-state index is 4.30. The minimum atomic E-state index is 0.906. The van der Waals surface area contributed by atoms with Crippen LogP contribution in [0, 0.1) is 6.92 Å². The third-order valence-electron chi connectivity index (χ3n) is 2.02. The zero-order valence-corrected chi connectivity index (χ0v) is 9.62. The second-order valence-electron chi connectivity index (χ2n) is 3.19. The van der Waals surface area contributed by atoms with E-state index in [1.165, 1.54) is 5.56 Å². The monoisotopic (exact) mass is 251 g/mol. The van der Waals surface area contributed by atoms with Crippen molar-refractivity contribution in [1.29, 1.82) is 0 Å². The van der Waals surface area contributed by atoms with Crippen molar-refractivity contribution in [3.63, 3.8) is 0 Å². The third kappa shape index (κ3) is 1.70. The average molecular weight is 252 g/mol. The predicted octanol–water partition coefficient (Wildman–Crippen LogP) is 2.55. The molecule has 0 saturated heterocycles. The molecule has 72 valence electrons. The van der Waals surface area contributed by atoms with Crippen LogP contribution in [0.3, 0.4) is 0 Å². The molecule has 0 radical (unpaired) electrons. The van der Waals surface area contributed by atoms with Crippen LogP contribution in [0.5, 0.6) is 0 Å². The van der Waals surface area contributed by atoms with Crippen molar-refractivity contribution in [2.45, 2.75) is 6.92 Å². The molecule has 0 N–H and O–H groups in total. The van der Waals surface area contributed by atoms with E-state index in [2.05, 4.69) is 26.0 Å². The first-order chi connectivity index (χ1) is 6.66. The van der Waals surface area contributed by atoms with Crippen molar-refractivity contribution in [2.75, 3.05) is 0 Å². The smallest absolute Gasteiger partial charge is 0.111 e. The van der Waals surface area contributed by atoms with Gasteiger partial charge < -0.3 is 0 Å². The Bertz CT molecular complexity index is 462. The van der Waals surface area contributed by atoms with E-state index in [1.54, 1.807) is 10.9 Å². The summed E-state index contributed by atoms with van der Waals surface area (Å²) in [6.45, 7) is 2.04. The van der Waals surface area contributed by atoms with Gasteiger partial charge >= 0.3 is 0 Å². The number of nitrogens with zero attached hydrogens (tertiary/aromatic N) is 3. The van der Waals surface area contributed by atoms with Crippen LogP contribution in [0.4, 0.5) is 0 Å². The third-order valence-corrected chi connectivity index (χ3v) is 2.85. The molecule has 4 heteroatoms. The largest absolute Gasteiger partial charge is 0.275 e. The highest BCUT2D eigenvalue weighted by molar-refractivity contribution is 9.10. The predicted molar refractivity (Wildman–Crippen MR) is 58.9 cm³/mol. The molecule has 3 nitrogen and oxygen atoms in total. The van der Waals surface area contributed by atoms with E-state index in [0.29, 0.717) is 0 Å². The number of halogens is 1. The summed E-state index contributed by atoms with van der Waals surface area (Å²) in [4.78, 5) is 4.30. The lowest BCUT2D eigenvalue weighted by molar-refractivity contribution is 0.770.